The summed E-state index contributed by atoms with van der Waals surface area (Å²) in [6.45, 7) is 5.80. The molecule has 7 nitrogen and oxygen atoms in total. The van der Waals surface area contributed by atoms with E-state index in [0.29, 0.717) is 29.5 Å². The number of nitrogens with zero attached hydrogens (tertiary/aromatic N) is 3. The van der Waals surface area contributed by atoms with Crippen LogP contribution in [0.4, 0.5) is 0 Å². The van der Waals surface area contributed by atoms with E-state index in [4.69, 9.17) is 9.47 Å². The fourth-order valence-corrected chi connectivity index (χ4v) is 3.18. The molecule has 134 valence electrons. The van der Waals surface area contributed by atoms with Gasteiger partial charge in [0.25, 0.3) is 5.91 Å². The molecule has 26 heavy (non-hydrogen) atoms. The third-order valence-electron chi connectivity index (χ3n) is 3.58. The van der Waals surface area contributed by atoms with E-state index in [2.05, 4.69) is 22.1 Å². The molecule has 0 spiro atoms. The molecular formula is C18H18N4O3S. The average Bonchev–Trinajstić information content (AvgIpc) is 3.20. The number of carbonyl (C=O) groups is 1. The van der Waals surface area contributed by atoms with Crippen LogP contribution in [0.1, 0.15) is 21.7 Å². The van der Waals surface area contributed by atoms with Crippen LogP contribution >= 0.6 is 11.3 Å². The topological polar surface area (TPSA) is 77.2 Å². The number of hydrogen-bond acceptors (Lipinski definition) is 6. The molecule has 8 heteroatoms. The number of hydrazone groups is 1. The summed E-state index contributed by atoms with van der Waals surface area (Å²) in [4.78, 5) is 17.5. The number of aryl methyl sites for hydroxylation is 1. The highest BCUT2D eigenvalue weighted by atomic mass is 32.1. The van der Waals surface area contributed by atoms with Crippen molar-refractivity contribution in [1.82, 2.24) is 14.8 Å². The van der Waals surface area contributed by atoms with Crippen LogP contribution in [0.3, 0.4) is 0 Å². The van der Waals surface area contributed by atoms with E-state index in [1.807, 2.05) is 17.6 Å². The molecular weight excluding hydrogens is 352 g/mol. The highest BCUT2D eigenvalue weighted by Crippen LogP contribution is 2.27. The first-order valence-electron chi connectivity index (χ1n) is 7.81. The molecule has 1 amide bonds. The van der Waals surface area contributed by atoms with Crippen molar-refractivity contribution >= 4 is 28.4 Å². The molecule has 2 aromatic heterocycles. The van der Waals surface area contributed by atoms with Gasteiger partial charge in [0, 0.05) is 11.6 Å². The van der Waals surface area contributed by atoms with Crippen LogP contribution in [0.5, 0.6) is 11.5 Å². The molecule has 2 heterocycles. The summed E-state index contributed by atoms with van der Waals surface area (Å²) in [5.74, 6) is 0.875. The Hall–Kier alpha value is -3.13. The van der Waals surface area contributed by atoms with Gasteiger partial charge in [0.1, 0.15) is 12.3 Å². The van der Waals surface area contributed by atoms with Gasteiger partial charge < -0.3 is 9.47 Å². The normalized spacial score (nSPS) is 11.0. The molecule has 0 atom stereocenters. The van der Waals surface area contributed by atoms with E-state index in [0.717, 1.165) is 10.5 Å². The summed E-state index contributed by atoms with van der Waals surface area (Å²) >= 11 is 1.47. The number of amides is 1. The molecule has 0 saturated carbocycles. The Morgan fingerprint density at radius 3 is 3.08 bits per heavy atom. The number of benzene rings is 1. The van der Waals surface area contributed by atoms with Crippen molar-refractivity contribution in [2.24, 2.45) is 5.10 Å². The summed E-state index contributed by atoms with van der Waals surface area (Å²) in [6, 6.07) is 5.37. The van der Waals surface area contributed by atoms with Gasteiger partial charge in [-0.1, -0.05) is 12.7 Å². The van der Waals surface area contributed by atoms with Crippen molar-refractivity contribution in [3.8, 4) is 11.5 Å². The monoisotopic (exact) mass is 370 g/mol. The zero-order chi connectivity index (χ0) is 18.5. The maximum absolute atomic E-state index is 12.4. The van der Waals surface area contributed by atoms with Crippen LogP contribution in [0.25, 0.3) is 4.96 Å². The maximum atomic E-state index is 12.4. The molecule has 0 saturated heterocycles. The smallest absolute Gasteiger partial charge is 0.290 e. The molecule has 0 fully saturated rings. The number of carbonyl (C=O) groups excluding carboxylic acids is 1. The first-order chi connectivity index (χ1) is 12.6. The number of fused-ring (bicyclic) bond motifs is 1. The van der Waals surface area contributed by atoms with Crippen LogP contribution in [0.15, 0.2) is 47.5 Å². The fourth-order valence-electron chi connectivity index (χ4n) is 2.42. The predicted octanol–water partition coefficient (Wildman–Crippen LogP) is 3.04. The highest BCUT2D eigenvalue weighted by molar-refractivity contribution is 7.15. The number of methoxy groups -OCH3 is 1. The van der Waals surface area contributed by atoms with Gasteiger partial charge in [0.2, 0.25) is 0 Å². The highest BCUT2D eigenvalue weighted by Gasteiger charge is 2.16. The Balaban J connectivity index is 1.72. The molecule has 1 aromatic carbocycles. The standard InChI is InChI=1S/C18H18N4O3S/c1-4-8-25-14-6-5-13(10-15(14)24-3)11-19-21-17(23)16-12(2)20-18-22(16)7-9-26-18/h4-7,9-11H,1,8H2,2-3H3,(H,21,23)/b19-11-. The van der Waals surface area contributed by atoms with Crippen LogP contribution in [-0.4, -0.2) is 35.2 Å². The van der Waals surface area contributed by atoms with Gasteiger partial charge in [0.05, 0.1) is 19.0 Å². The molecule has 3 aromatic rings. The second kappa shape index (κ2) is 7.83. The minimum absolute atomic E-state index is 0.317. The van der Waals surface area contributed by atoms with Crippen molar-refractivity contribution in [3.63, 3.8) is 0 Å². The Morgan fingerprint density at radius 2 is 2.31 bits per heavy atom. The van der Waals surface area contributed by atoms with Gasteiger partial charge in [-0.2, -0.15) is 5.10 Å². The number of ether oxygens (including phenoxy) is 2. The first kappa shape index (κ1) is 17.7. The van der Waals surface area contributed by atoms with Crippen LogP contribution in [0.2, 0.25) is 0 Å². The zero-order valence-electron chi connectivity index (χ0n) is 14.4. The molecule has 1 N–H and O–H groups in total. The molecule has 0 aliphatic heterocycles. The van der Waals surface area contributed by atoms with Crippen LogP contribution < -0.4 is 14.9 Å². The van der Waals surface area contributed by atoms with Crippen molar-refractivity contribution in [2.75, 3.05) is 13.7 Å². The fraction of sp³-hybridized carbons (Fsp3) is 0.167. The Labute approximate surface area is 154 Å². The number of thiazole rings is 1. The largest absolute Gasteiger partial charge is 0.493 e. The molecule has 0 unspecified atom stereocenters. The summed E-state index contributed by atoms with van der Waals surface area (Å²) < 4.78 is 12.6. The van der Waals surface area contributed by atoms with Gasteiger partial charge in [0.15, 0.2) is 16.5 Å². The minimum Gasteiger partial charge on any atom is -0.493 e. The third kappa shape index (κ3) is 3.60. The van der Waals surface area contributed by atoms with Gasteiger partial charge in [-0.3, -0.25) is 9.20 Å². The van der Waals surface area contributed by atoms with Crippen molar-refractivity contribution in [1.29, 1.82) is 0 Å². The summed E-state index contributed by atoms with van der Waals surface area (Å²) in [5, 5.41) is 5.90. The lowest BCUT2D eigenvalue weighted by atomic mass is 10.2. The molecule has 0 bridgehead atoms. The van der Waals surface area contributed by atoms with Crippen molar-refractivity contribution < 1.29 is 14.3 Å². The van der Waals surface area contributed by atoms with Gasteiger partial charge in [-0.15, -0.1) is 11.3 Å². The molecule has 0 aliphatic rings. The molecule has 0 radical (unpaired) electrons. The lowest BCUT2D eigenvalue weighted by molar-refractivity contribution is 0.0948. The number of hydrogen-bond donors (Lipinski definition) is 1. The minimum atomic E-state index is -0.317. The summed E-state index contributed by atoms with van der Waals surface area (Å²) in [7, 11) is 1.56. The maximum Gasteiger partial charge on any atom is 0.290 e. The van der Waals surface area contributed by atoms with Crippen molar-refractivity contribution in [2.45, 2.75) is 6.92 Å². The predicted molar refractivity (Wildman–Crippen MR) is 102 cm³/mol. The second-order valence-corrected chi connectivity index (χ2v) is 6.18. The van der Waals surface area contributed by atoms with Crippen molar-refractivity contribution in [3.05, 3.63) is 59.4 Å². The first-order valence-corrected chi connectivity index (χ1v) is 8.69. The third-order valence-corrected chi connectivity index (χ3v) is 4.33. The number of nitrogens with one attached hydrogen (secondary N) is 1. The van der Waals surface area contributed by atoms with E-state index in [1.54, 1.807) is 42.9 Å². The van der Waals surface area contributed by atoms with E-state index < -0.39 is 0 Å². The van der Waals surface area contributed by atoms with Gasteiger partial charge >= 0.3 is 0 Å². The van der Waals surface area contributed by atoms with Gasteiger partial charge in [-0.25, -0.2) is 10.4 Å². The van der Waals surface area contributed by atoms with Crippen LogP contribution in [0, 0.1) is 6.92 Å². The SMILES string of the molecule is C=CCOc1ccc(/C=N\NC(=O)c2c(C)nc3sccn23)cc1OC. The Kier molecular flexibility index (Phi) is 5.33. The van der Waals surface area contributed by atoms with E-state index in [-0.39, 0.29) is 5.91 Å². The molecule has 0 aliphatic carbocycles. The molecule has 3 rings (SSSR count). The quantitative estimate of drug-likeness (QED) is 0.394. The summed E-state index contributed by atoms with van der Waals surface area (Å²) in [5.41, 5.74) is 4.43. The van der Waals surface area contributed by atoms with E-state index in [1.165, 1.54) is 11.3 Å². The average molecular weight is 370 g/mol. The number of rotatable bonds is 7. The van der Waals surface area contributed by atoms with Crippen LogP contribution in [-0.2, 0) is 0 Å². The van der Waals surface area contributed by atoms with Gasteiger partial charge in [-0.05, 0) is 30.7 Å². The lowest BCUT2D eigenvalue weighted by Crippen LogP contribution is -2.20. The summed E-state index contributed by atoms with van der Waals surface area (Å²) in [6.07, 6.45) is 5.01. The Morgan fingerprint density at radius 1 is 1.46 bits per heavy atom. The number of imidazole rings is 1. The Bertz CT molecular complexity index is 974. The van der Waals surface area contributed by atoms with E-state index >= 15 is 0 Å². The number of aromatic nitrogens is 2. The zero-order valence-corrected chi connectivity index (χ0v) is 15.2. The lowest BCUT2D eigenvalue weighted by Gasteiger charge is -2.09. The van der Waals surface area contributed by atoms with E-state index in [9.17, 15) is 4.79 Å². The second-order valence-electron chi connectivity index (χ2n) is 5.31.